The van der Waals surface area contributed by atoms with Gasteiger partial charge in [0.1, 0.15) is 11.5 Å². The van der Waals surface area contributed by atoms with E-state index in [0.717, 1.165) is 22.5 Å². The summed E-state index contributed by atoms with van der Waals surface area (Å²) in [4.78, 5) is 7.17. The van der Waals surface area contributed by atoms with E-state index in [4.69, 9.17) is 4.42 Å². The molecule has 5 rings (SSSR count). The Labute approximate surface area is 166 Å². The van der Waals surface area contributed by atoms with Crippen LogP contribution in [0.25, 0.3) is 33.6 Å². The lowest BCUT2D eigenvalue weighted by Crippen LogP contribution is -2.05. The van der Waals surface area contributed by atoms with Gasteiger partial charge < -0.3 is 9.40 Å². The van der Waals surface area contributed by atoms with Crippen molar-refractivity contribution < 1.29 is 17.6 Å². The average molecular weight is 411 g/mol. The molecule has 0 aliphatic carbocycles. The van der Waals surface area contributed by atoms with Crippen LogP contribution in [-0.2, 0) is 6.54 Å². The number of aromatic amines is 1. The van der Waals surface area contributed by atoms with Crippen molar-refractivity contribution in [3.63, 3.8) is 0 Å². The van der Waals surface area contributed by atoms with Crippen molar-refractivity contribution in [1.82, 2.24) is 35.2 Å². The summed E-state index contributed by atoms with van der Waals surface area (Å²) < 4.78 is 45.9. The third-order valence-corrected chi connectivity index (χ3v) is 4.49. The second-order valence-corrected chi connectivity index (χ2v) is 6.48. The topological polar surface area (TPSA) is 98.3 Å². The van der Waals surface area contributed by atoms with Crippen molar-refractivity contribution in [2.75, 3.05) is 0 Å². The van der Waals surface area contributed by atoms with Crippen LogP contribution < -0.4 is 0 Å². The molecule has 0 atom stereocenters. The first-order valence-electron chi connectivity index (χ1n) is 8.81. The fraction of sp³-hybridized carbons (Fsp3) is 0.105. The van der Waals surface area contributed by atoms with Crippen LogP contribution in [0.5, 0.6) is 0 Å². The number of pyridine rings is 1. The van der Waals surface area contributed by atoms with Crippen molar-refractivity contribution in [3.05, 3.63) is 66.3 Å². The second kappa shape index (κ2) is 7.10. The number of nitrogens with zero attached hydrogens (tertiary/aromatic N) is 6. The van der Waals surface area contributed by atoms with E-state index in [0.29, 0.717) is 5.69 Å². The number of hydrogen-bond donors (Lipinski definition) is 1. The molecule has 0 radical (unpaired) electrons. The lowest BCUT2D eigenvalue weighted by molar-refractivity contribution is 0.116. The van der Waals surface area contributed by atoms with E-state index in [-0.39, 0.29) is 23.7 Å². The molecule has 0 saturated heterocycles. The van der Waals surface area contributed by atoms with Gasteiger partial charge >= 0.3 is 6.43 Å². The Morgan fingerprint density at radius 3 is 2.77 bits per heavy atom. The number of H-pyrrole nitrogens is 1. The second-order valence-electron chi connectivity index (χ2n) is 6.48. The van der Waals surface area contributed by atoms with Crippen molar-refractivity contribution in [2.45, 2.75) is 13.0 Å². The lowest BCUT2D eigenvalue weighted by atomic mass is 10.1. The monoisotopic (exact) mass is 411 g/mol. The first kappa shape index (κ1) is 18.0. The quantitative estimate of drug-likeness (QED) is 0.470. The summed E-state index contributed by atoms with van der Waals surface area (Å²) >= 11 is 0. The SMILES string of the molecule is Fc1cc(-c2nnc(C(F)F)o2)cnc1Cn1cc(-c2ccc3cc[nH]c3c2)nn1. The van der Waals surface area contributed by atoms with Gasteiger partial charge in [0.15, 0.2) is 0 Å². The van der Waals surface area contributed by atoms with E-state index in [1.54, 1.807) is 6.20 Å². The molecule has 0 saturated carbocycles. The Morgan fingerprint density at radius 1 is 1.07 bits per heavy atom. The highest BCUT2D eigenvalue weighted by Gasteiger charge is 2.18. The standard InChI is InChI=1S/C19H12F3N7O/c20-13-5-12(18-26-27-19(30-18)17(21)22)7-24-16(13)9-29-8-15(25-28-29)11-2-1-10-3-4-23-14(10)6-11/h1-8,17,23H,9H2. The predicted octanol–water partition coefficient (Wildman–Crippen LogP) is 4.00. The van der Waals surface area contributed by atoms with Gasteiger partial charge in [0, 0.05) is 23.5 Å². The summed E-state index contributed by atoms with van der Waals surface area (Å²) in [5.74, 6) is -1.72. The Kier molecular flexibility index (Phi) is 4.27. The lowest BCUT2D eigenvalue weighted by Gasteiger charge is -2.03. The molecule has 4 heterocycles. The Balaban J connectivity index is 1.36. The van der Waals surface area contributed by atoms with Crippen molar-refractivity contribution >= 4 is 10.9 Å². The zero-order valence-corrected chi connectivity index (χ0v) is 15.1. The maximum absolute atomic E-state index is 14.5. The number of fused-ring (bicyclic) bond motifs is 1. The van der Waals surface area contributed by atoms with Crippen LogP contribution in [0.3, 0.4) is 0 Å². The minimum Gasteiger partial charge on any atom is -0.415 e. The summed E-state index contributed by atoms with van der Waals surface area (Å²) in [5, 5.41) is 15.9. The van der Waals surface area contributed by atoms with Gasteiger partial charge in [-0.2, -0.15) is 8.78 Å². The predicted molar refractivity (Wildman–Crippen MR) is 98.9 cm³/mol. The Bertz CT molecular complexity index is 1340. The third-order valence-electron chi connectivity index (χ3n) is 4.49. The van der Waals surface area contributed by atoms with E-state index >= 15 is 0 Å². The molecule has 1 aromatic carbocycles. The maximum Gasteiger partial charge on any atom is 0.314 e. The van der Waals surface area contributed by atoms with Crippen LogP contribution in [0.1, 0.15) is 18.0 Å². The van der Waals surface area contributed by atoms with Gasteiger partial charge in [0.25, 0.3) is 5.89 Å². The molecule has 1 N–H and O–H groups in total. The fourth-order valence-corrected chi connectivity index (χ4v) is 3.01. The van der Waals surface area contributed by atoms with Crippen molar-refractivity contribution in [1.29, 1.82) is 0 Å². The normalized spacial score (nSPS) is 11.6. The smallest absolute Gasteiger partial charge is 0.314 e. The largest absolute Gasteiger partial charge is 0.415 e. The van der Waals surface area contributed by atoms with Crippen LogP contribution in [0, 0.1) is 5.82 Å². The average Bonchev–Trinajstić information content (AvgIpc) is 3.49. The number of nitrogens with one attached hydrogen (secondary N) is 1. The van der Waals surface area contributed by atoms with Crippen LogP contribution in [-0.4, -0.2) is 35.2 Å². The summed E-state index contributed by atoms with van der Waals surface area (Å²) in [6, 6.07) is 8.92. The number of aromatic nitrogens is 7. The van der Waals surface area contributed by atoms with Crippen LogP contribution in [0.2, 0.25) is 0 Å². The molecular formula is C19H12F3N7O. The van der Waals surface area contributed by atoms with Gasteiger partial charge in [0.2, 0.25) is 5.89 Å². The zero-order chi connectivity index (χ0) is 20.7. The van der Waals surface area contributed by atoms with Gasteiger partial charge in [-0.05, 0) is 23.6 Å². The third kappa shape index (κ3) is 3.30. The highest BCUT2D eigenvalue weighted by atomic mass is 19.3. The van der Waals surface area contributed by atoms with E-state index in [2.05, 4.69) is 30.5 Å². The number of benzene rings is 1. The molecule has 4 aromatic heterocycles. The van der Waals surface area contributed by atoms with Gasteiger partial charge in [-0.3, -0.25) is 4.98 Å². The molecular weight excluding hydrogens is 399 g/mol. The molecule has 5 aromatic rings. The minimum absolute atomic E-state index is 0.0377. The minimum atomic E-state index is -2.90. The molecule has 150 valence electrons. The van der Waals surface area contributed by atoms with E-state index < -0.39 is 18.1 Å². The first-order valence-corrected chi connectivity index (χ1v) is 8.81. The van der Waals surface area contributed by atoms with E-state index in [1.807, 2.05) is 30.5 Å². The molecule has 0 unspecified atom stereocenters. The maximum atomic E-state index is 14.5. The Hall–Kier alpha value is -4.02. The molecule has 30 heavy (non-hydrogen) atoms. The number of hydrogen-bond acceptors (Lipinski definition) is 6. The molecule has 0 amide bonds. The number of rotatable bonds is 5. The van der Waals surface area contributed by atoms with E-state index in [9.17, 15) is 13.2 Å². The number of alkyl halides is 2. The van der Waals surface area contributed by atoms with Gasteiger partial charge in [-0.25, -0.2) is 9.07 Å². The van der Waals surface area contributed by atoms with Gasteiger partial charge in [-0.1, -0.05) is 17.3 Å². The van der Waals surface area contributed by atoms with Crippen molar-refractivity contribution in [2.24, 2.45) is 0 Å². The molecule has 11 heteroatoms. The molecule has 0 fully saturated rings. The van der Waals surface area contributed by atoms with Crippen LogP contribution in [0.4, 0.5) is 13.2 Å². The summed E-state index contributed by atoms with van der Waals surface area (Å²) in [5.41, 5.74) is 2.68. The summed E-state index contributed by atoms with van der Waals surface area (Å²) in [6.07, 6.45) is 1.92. The van der Waals surface area contributed by atoms with Crippen molar-refractivity contribution in [3.8, 4) is 22.7 Å². The molecule has 0 aliphatic rings. The Morgan fingerprint density at radius 2 is 1.97 bits per heavy atom. The highest BCUT2D eigenvalue weighted by molar-refractivity contribution is 5.83. The molecule has 8 nitrogen and oxygen atoms in total. The van der Waals surface area contributed by atoms with Gasteiger partial charge in [-0.15, -0.1) is 15.3 Å². The van der Waals surface area contributed by atoms with Gasteiger partial charge in [0.05, 0.1) is 24.0 Å². The highest BCUT2D eigenvalue weighted by Crippen LogP contribution is 2.25. The summed E-state index contributed by atoms with van der Waals surface area (Å²) in [7, 11) is 0. The fourth-order valence-electron chi connectivity index (χ4n) is 3.01. The van der Waals surface area contributed by atoms with Crippen LogP contribution >= 0.6 is 0 Å². The molecule has 0 aliphatic heterocycles. The summed E-state index contributed by atoms with van der Waals surface area (Å²) in [6.45, 7) is 0.0377. The van der Waals surface area contributed by atoms with E-state index in [1.165, 1.54) is 10.9 Å². The molecule has 0 spiro atoms. The number of halogens is 3. The zero-order valence-electron chi connectivity index (χ0n) is 15.1. The molecule has 0 bridgehead atoms. The van der Waals surface area contributed by atoms with Crippen LogP contribution in [0.15, 0.2) is 53.3 Å². The first-order chi connectivity index (χ1) is 14.6.